The number of hydrogen-bond donors (Lipinski definition) is 1. The second-order valence-corrected chi connectivity index (χ2v) is 3.37. The van der Waals surface area contributed by atoms with Crippen LogP contribution in [0.3, 0.4) is 0 Å². The van der Waals surface area contributed by atoms with E-state index in [1.165, 1.54) is 6.26 Å². The van der Waals surface area contributed by atoms with E-state index in [-0.39, 0.29) is 5.91 Å². The molecule has 0 aromatic carbocycles. The van der Waals surface area contributed by atoms with Crippen molar-refractivity contribution >= 4 is 5.91 Å². The van der Waals surface area contributed by atoms with Gasteiger partial charge >= 0.3 is 0 Å². The lowest BCUT2D eigenvalue weighted by Crippen LogP contribution is -2.33. The molecular weight excluding hydrogens is 180 g/mol. The highest BCUT2D eigenvalue weighted by Crippen LogP contribution is 2.06. The fraction of sp³-hybridized carbons (Fsp3) is 0.500. The van der Waals surface area contributed by atoms with Crippen LogP contribution >= 0.6 is 0 Å². The van der Waals surface area contributed by atoms with E-state index in [0.717, 1.165) is 32.6 Å². The van der Waals surface area contributed by atoms with Crippen molar-refractivity contribution in [3.8, 4) is 0 Å². The van der Waals surface area contributed by atoms with Gasteiger partial charge in [-0.25, -0.2) is 0 Å². The van der Waals surface area contributed by atoms with Crippen LogP contribution in [0.5, 0.6) is 0 Å². The van der Waals surface area contributed by atoms with Gasteiger partial charge in [0.25, 0.3) is 5.91 Å². The molecule has 0 aliphatic carbocycles. The van der Waals surface area contributed by atoms with E-state index >= 15 is 0 Å². The van der Waals surface area contributed by atoms with Gasteiger partial charge in [-0.1, -0.05) is 0 Å². The summed E-state index contributed by atoms with van der Waals surface area (Å²) >= 11 is 0. The number of furan rings is 1. The number of hydrogen-bond acceptors (Lipinski definition) is 3. The van der Waals surface area contributed by atoms with Crippen LogP contribution in [0.2, 0.25) is 0 Å². The number of amides is 1. The second-order valence-electron chi connectivity index (χ2n) is 3.37. The molecule has 1 aromatic rings. The van der Waals surface area contributed by atoms with Crippen LogP contribution in [0.25, 0.3) is 0 Å². The zero-order chi connectivity index (χ0) is 9.80. The van der Waals surface area contributed by atoms with Gasteiger partial charge in [-0.2, -0.15) is 0 Å². The maximum absolute atomic E-state index is 11.8. The predicted octanol–water partition coefficient (Wildman–Crippen LogP) is 0.715. The van der Waals surface area contributed by atoms with E-state index in [0.29, 0.717) is 5.76 Å². The van der Waals surface area contributed by atoms with E-state index in [1.807, 2.05) is 4.90 Å². The molecule has 1 aromatic heterocycles. The molecule has 1 fully saturated rings. The Kier molecular flexibility index (Phi) is 2.84. The molecular formula is C10H14N2O2. The number of nitrogens with zero attached hydrogens (tertiary/aromatic N) is 1. The Labute approximate surface area is 82.9 Å². The minimum Gasteiger partial charge on any atom is -0.459 e. The molecule has 0 saturated carbocycles. The Hall–Kier alpha value is -1.29. The highest BCUT2D eigenvalue weighted by atomic mass is 16.3. The minimum absolute atomic E-state index is 0.00120. The van der Waals surface area contributed by atoms with Crippen molar-refractivity contribution in [3.05, 3.63) is 24.2 Å². The molecule has 4 nitrogen and oxygen atoms in total. The van der Waals surface area contributed by atoms with Crippen LogP contribution in [0.1, 0.15) is 17.0 Å². The largest absolute Gasteiger partial charge is 0.459 e. The van der Waals surface area contributed by atoms with Gasteiger partial charge in [0.15, 0.2) is 5.76 Å². The Morgan fingerprint density at radius 2 is 2.36 bits per heavy atom. The van der Waals surface area contributed by atoms with Crippen molar-refractivity contribution < 1.29 is 9.21 Å². The molecule has 1 aliphatic rings. The lowest BCUT2D eigenvalue weighted by molar-refractivity contribution is 0.0734. The summed E-state index contributed by atoms with van der Waals surface area (Å²) in [5.74, 6) is 0.436. The van der Waals surface area contributed by atoms with Crippen molar-refractivity contribution in [3.63, 3.8) is 0 Å². The van der Waals surface area contributed by atoms with Gasteiger partial charge in [0.2, 0.25) is 0 Å². The molecule has 0 unspecified atom stereocenters. The normalized spacial score (nSPS) is 17.9. The number of rotatable bonds is 1. The average Bonchev–Trinajstić information content (AvgIpc) is 2.59. The van der Waals surface area contributed by atoms with E-state index < -0.39 is 0 Å². The van der Waals surface area contributed by atoms with E-state index in [2.05, 4.69) is 5.32 Å². The zero-order valence-electron chi connectivity index (χ0n) is 8.03. The fourth-order valence-corrected chi connectivity index (χ4v) is 1.60. The quantitative estimate of drug-likeness (QED) is 0.716. The Bertz CT molecular complexity index is 287. The summed E-state index contributed by atoms with van der Waals surface area (Å²) in [6.45, 7) is 3.43. The molecule has 76 valence electrons. The first-order valence-electron chi connectivity index (χ1n) is 4.91. The highest BCUT2D eigenvalue weighted by molar-refractivity contribution is 5.91. The summed E-state index contributed by atoms with van der Waals surface area (Å²) in [5, 5.41) is 3.25. The lowest BCUT2D eigenvalue weighted by atomic mass is 10.3. The zero-order valence-corrected chi connectivity index (χ0v) is 8.03. The molecule has 4 heteroatoms. The van der Waals surface area contributed by atoms with Gasteiger partial charge < -0.3 is 14.6 Å². The number of nitrogens with one attached hydrogen (secondary N) is 1. The maximum atomic E-state index is 11.8. The first-order valence-corrected chi connectivity index (χ1v) is 4.91. The van der Waals surface area contributed by atoms with Crippen LogP contribution in [-0.2, 0) is 0 Å². The summed E-state index contributed by atoms with van der Waals surface area (Å²) in [6, 6.07) is 3.45. The molecule has 0 bridgehead atoms. The van der Waals surface area contributed by atoms with Crippen molar-refractivity contribution in [1.82, 2.24) is 10.2 Å². The summed E-state index contributed by atoms with van der Waals surface area (Å²) in [4.78, 5) is 13.7. The van der Waals surface area contributed by atoms with Gasteiger partial charge in [0.05, 0.1) is 6.26 Å². The average molecular weight is 194 g/mol. The molecule has 0 radical (unpaired) electrons. The minimum atomic E-state index is -0.00120. The van der Waals surface area contributed by atoms with Gasteiger partial charge in [-0.05, 0) is 25.1 Å². The molecule has 1 aliphatic heterocycles. The lowest BCUT2D eigenvalue weighted by Gasteiger charge is -2.18. The van der Waals surface area contributed by atoms with Crippen molar-refractivity contribution in [2.75, 3.05) is 26.2 Å². The third-order valence-corrected chi connectivity index (χ3v) is 2.36. The molecule has 14 heavy (non-hydrogen) atoms. The van der Waals surface area contributed by atoms with E-state index in [1.54, 1.807) is 12.1 Å². The summed E-state index contributed by atoms with van der Waals surface area (Å²) in [7, 11) is 0. The molecule has 0 atom stereocenters. The van der Waals surface area contributed by atoms with Crippen LogP contribution in [-0.4, -0.2) is 37.0 Å². The summed E-state index contributed by atoms with van der Waals surface area (Å²) < 4.78 is 5.08. The molecule has 1 N–H and O–H groups in total. The topological polar surface area (TPSA) is 45.5 Å². The van der Waals surface area contributed by atoms with Crippen LogP contribution < -0.4 is 5.32 Å². The number of carbonyl (C=O) groups excluding carboxylic acids is 1. The van der Waals surface area contributed by atoms with Crippen molar-refractivity contribution in [2.45, 2.75) is 6.42 Å². The van der Waals surface area contributed by atoms with Crippen molar-refractivity contribution in [2.24, 2.45) is 0 Å². The predicted molar refractivity (Wildman–Crippen MR) is 52.1 cm³/mol. The molecule has 0 spiro atoms. The van der Waals surface area contributed by atoms with Gasteiger partial charge in [-0.3, -0.25) is 4.79 Å². The smallest absolute Gasteiger partial charge is 0.289 e. The first-order chi connectivity index (χ1) is 6.88. The maximum Gasteiger partial charge on any atom is 0.289 e. The first kappa shape index (κ1) is 9.27. The summed E-state index contributed by atoms with van der Waals surface area (Å²) in [5.41, 5.74) is 0. The van der Waals surface area contributed by atoms with Gasteiger partial charge in [-0.15, -0.1) is 0 Å². The monoisotopic (exact) mass is 194 g/mol. The van der Waals surface area contributed by atoms with E-state index in [9.17, 15) is 4.79 Å². The van der Waals surface area contributed by atoms with E-state index in [4.69, 9.17) is 4.42 Å². The van der Waals surface area contributed by atoms with Crippen LogP contribution in [0.15, 0.2) is 22.8 Å². The molecule has 2 rings (SSSR count). The standard InChI is InChI=1S/C10H14N2O2/c13-10(9-3-1-8-14-9)12-6-2-4-11-5-7-12/h1,3,8,11H,2,4-7H2. The Balaban J connectivity index is 2.03. The van der Waals surface area contributed by atoms with Crippen LogP contribution in [0.4, 0.5) is 0 Å². The fourth-order valence-electron chi connectivity index (χ4n) is 1.60. The third kappa shape index (κ3) is 1.96. The number of carbonyl (C=O) groups is 1. The Morgan fingerprint density at radius 1 is 1.43 bits per heavy atom. The molecule has 1 saturated heterocycles. The molecule has 1 amide bonds. The SMILES string of the molecule is O=C(c1ccco1)N1CCCNCC1. The Morgan fingerprint density at radius 3 is 3.14 bits per heavy atom. The van der Waals surface area contributed by atoms with Crippen molar-refractivity contribution in [1.29, 1.82) is 0 Å². The highest BCUT2D eigenvalue weighted by Gasteiger charge is 2.18. The molecule has 2 heterocycles. The van der Waals surface area contributed by atoms with Gasteiger partial charge in [0.1, 0.15) is 0 Å². The second kappa shape index (κ2) is 4.28. The third-order valence-electron chi connectivity index (χ3n) is 2.36. The van der Waals surface area contributed by atoms with Crippen LogP contribution in [0, 0.1) is 0 Å². The van der Waals surface area contributed by atoms with Gasteiger partial charge in [0, 0.05) is 19.6 Å². The summed E-state index contributed by atoms with van der Waals surface area (Å²) in [6.07, 6.45) is 2.54.